The second-order valence-corrected chi connectivity index (χ2v) is 24.1. The van der Waals surface area contributed by atoms with Gasteiger partial charge in [-0.25, -0.2) is 0 Å². The van der Waals surface area contributed by atoms with Crippen LogP contribution in [0.1, 0.15) is 11.1 Å². The molecule has 0 N–H and O–H groups in total. The third-order valence-corrected chi connectivity index (χ3v) is 19.8. The smallest absolute Gasteiger partial charge is 0.102 e. The van der Waals surface area contributed by atoms with Crippen LogP contribution in [-0.2, 0) is 0 Å². The fraction of sp³-hybridized carbons (Fsp3) is 0. The first-order valence-corrected chi connectivity index (χ1v) is 30.5. The normalized spacial score (nSPS) is 11.7. The summed E-state index contributed by atoms with van der Waals surface area (Å²) in [6.07, 6.45) is 0. The monoisotopic (exact) mass is 1130 g/mol. The highest BCUT2D eigenvalue weighted by Gasteiger charge is 2.35. The molecule has 398 valence electrons. The zero-order valence-electron chi connectivity index (χ0n) is 46.2. The lowest BCUT2D eigenvalue weighted by molar-refractivity contribution is 1.13. The Bertz CT molecular complexity index is 5420. The summed E-state index contributed by atoms with van der Waals surface area (Å²) >= 11 is 3.60. The Hall–Kier alpha value is -11.1. The Labute approximate surface area is 503 Å². The highest BCUT2D eigenvalue weighted by Crippen LogP contribution is 2.56. The van der Waals surface area contributed by atoms with Gasteiger partial charge in [-0.3, -0.25) is 0 Å². The van der Waals surface area contributed by atoms with E-state index in [-0.39, 0.29) is 0 Å². The van der Waals surface area contributed by atoms with Gasteiger partial charge in [0.25, 0.3) is 0 Å². The molecular formula is C80H46N4S2. The van der Waals surface area contributed by atoms with Gasteiger partial charge < -0.3 is 9.13 Å². The molecule has 4 heterocycles. The van der Waals surface area contributed by atoms with Crippen molar-refractivity contribution in [2.75, 3.05) is 0 Å². The third-order valence-electron chi connectivity index (χ3n) is 17.4. The summed E-state index contributed by atoms with van der Waals surface area (Å²) in [5.41, 5.74) is 17.9. The number of rotatable bonds is 8. The van der Waals surface area contributed by atoms with Gasteiger partial charge in [0.1, 0.15) is 12.1 Å². The van der Waals surface area contributed by atoms with E-state index in [1.807, 2.05) is 18.2 Å². The van der Waals surface area contributed by atoms with E-state index >= 15 is 0 Å². The maximum absolute atomic E-state index is 12.7. The molecule has 0 saturated carbocycles. The largest absolute Gasteiger partial charge is 0.307 e. The van der Waals surface area contributed by atoms with E-state index in [1.54, 1.807) is 22.7 Å². The molecule has 0 atom stereocenters. The molecule has 17 rings (SSSR count). The lowest BCUT2D eigenvalue weighted by Crippen LogP contribution is -2.11. The summed E-state index contributed by atoms with van der Waals surface area (Å²) in [6.45, 7) is 0. The van der Waals surface area contributed by atoms with Crippen molar-refractivity contribution in [2.24, 2.45) is 0 Å². The first kappa shape index (κ1) is 49.5. The Morgan fingerprint density at radius 3 is 1.03 bits per heavy atom. The van der Waals surface area contributed by atoms with E-state index in [0.29, 0.717) is 28.1 Å². The van der Waals surface area contributed by atoms with Crippen LogP contribution in [0.3, 0.4) is 0 Å². The summed E-state index contributed by atoms with van der Waals surface area (Å²) in [5.74, 6) is 0. The van der Waals surface area contributed by atoms with Crippen LogP contribution in [0.4, 0.5) is 0 Å². The average molecular weight is 1130 g/mol. The summed E-state index contributed by atoms with van der Waals surface area (Å²) in [5, 5.41) is 34.0. The fourth-order valence-corrected chi connectivity index (χ4v) is 16.1. The number of aromatic nitrogens is 2. The van der Waals surface area contributed by atoms with Crippen molar-refractivity contribution < 1.29 is 0 Å². The van der Waals surface area contributed by atoms with Gasteiger partial charge in [-0.1, -0.05) is 231 Å². The molecule has 0 radical (unpaired) electrons. The zero-order chi connectivity index (χ0) is 57.0. The lowest BCUT2D eigenvalue weighted by Gasteiger charge is -2.26. The molecule has 0 aliphatic rings. The number of nitriles is 2. The van der Waals surface area contributed by atoms with E-state index in [2.05, 4.69) is 282 Å². The number of hydrogen-bond donors (Lipinski definition) is 0. The van der Waals surface area contributed by atoms with Gasteiger partial charge >= 0.3 is 0 Å². The van der Waals surface area contributed by atoms with Crippen LogP contribution < -0.4 is 0 Å². The van der Waals surface area contributed by atoms with E-state index in [4.69, 9.17) is 0 Å². The van der Waals surface area contributed by atoms with Crippen LogP contribution in [0, 0.1) is 22.7 Å². The first-order chi connectivity index (χ1) is 42.6. The van der Waals surface area contributed by atoms with Crippen molar-refractivity contribution in [3.05, 3.63) is 290 Å². The van der Waals surface area contributed by atoms with Crippen LogP contribution in [0.5, 0.6) is 0 Å². The lowest BCUT2D eigenvalue weighted by atomic mass is 9.86. The average Bonchev–Trinajstić information content (AvgIpc) is 1.51. The minimum Gasteiger partial charge on any atom is -0.307 e. The van der Waals surface area contributed by atoms with Crippen LogP contribution in [0.2, 0.25) is 0 Å². The predicted octanol–water partition coefficient (Wildman–Crippen LogP) is 22.4. The number of nitrogens with zero attached hydrogens (tertiary/aromatic N) is 4. The molecule has 13 aromatic carbocycles. The highest BCUT2D eigenvalue weighted by molar-refractivity contribution is 7.27. The van der Waals surface area contributed by atoms with Crippen molar-refractivity contribution in [3.8, 4) is 90.3 Å². The van der Waals surface area contributed by atoms with Gasteiger partial charge in [-0.15, -0.1) is 22.7 Å². The van der Waals surface area contributed by atoms with Crippen LogP contribution in [0.25, 0.3) is 162 Å². The van der Waals surface area contributed by atoms with Crippen LogP contribution >= 0.6 is 22.7 Å². The Morgan fingerprint density at radius 1 is 0.279 bits per heavy atom. The second kappa shape index (κ2) is 19.8. The molecule has 0 spiro atoms. The first-order valence-electron chi connectivity index (χ1n) is 28.9. The van der Waals surface area contributed by atoms with Gasteiger partial charge in [0.15, 0.2) is 0 Å². The van der Waals surface area contributed by atoms with E-state index in [1.165, 1.54) is 20.2 Å². The molecule has 4 aromatic heterocycles. The topological polar surface area (TPSA) is 57.4 Å². The molecule has 0 unspecified atom stereocenters. The minimum absolute atomic E-state index is 0.406. The molecule has 0 bridgehead atoms. The molecule has 4 nitrogen and oxygen atoms in total. The van der Waals surface area contributed by atoms with Crippen molar-refractivity contribution in [1.29, 1.82) is 10.5 Å². The van der Waals surface area contributed by atoms with Crippen molar-refractivity contribution in [3.63, 3.8) is 0 Å². The summed E-state index contributed by atoms with van der Waals surface area (Å²) in [4.78, 5) is 0. The molecule has 86 heavy (non-hydrogen) atoms. The number of benzene rings is 13. The predicted molar refractivity (Wildman–Crippen MR) is 363 cm³/mol. The molecule has 17 aromatic rings. The summed E-state index contributed by atoms with van der Waals surface area (Å²) in [6, 6.07) is 105. The third kappa shape index (κ3) is 7.45. The molecule has 0 fully saturated rings. The summed E-state index contributed by atoms with van der Waals surface area (Å²) in [7, 11) is 0. The van der Waals surface area contributed by atoms with Crippen molar-refractivity contribution >= 4 is 107 Å². The maximum Gasteiger partial charge on any atom is 0.102 e. The molecule has 6 heteroatoms. The molecule has 0 aliphatic carbocycles. The minimum atomic E-state index is 0.406. The number of thiophene rings is 2. The second-order valence-electron chi connectivity index (χ2n) is 22.0. The van der Waals surface area contributed by atoms with Gasteiger partial charge in [0.2, 0.25) is 0 Å². The quantitative estimate of drug-likeness (QED) is 0.152. The van der Waals surface area contributed by atoms with E-state index < -0.39 is 0 Å². The fourth-order valence-electron chi connectivity index (χ4n) is 13.7. The Morgan fingerprint density at radius 2 is 0.628 bits per heavy atom. The van der Waals surface area contributed by atoms with Crippen LogP contribution in [0.15, 0.2) is 279 Å². The molecule has 0 saturated heterocycles. The van der Waals surface area contributed by atoms with Gasteiger partial charge in [-0.05, 0) is 104 Å². The number of fused-ring (bicyclic) bond motifs is 14. The standard InChI is InChI=1S/C80H46N4S2/c81-47-65-71(53-31-15-5-16-32-53)66(48-82)76(72(54-33-17-6-18-34-54)75(65)83-67-41-39-55(49-23-7-1-8-24-49)43-61(67)62-44-56(40-42-68(62)83)50-25-9-2-10-26-50)84-77-73(59(51-27-11-3-12-28-51)45-63-57-35-19-21-37-69(57)85-79(63)77)74-60(52-29-13-4-14-30-52)46-64-58-36-20-22-38-70(58)86-80(64)78(74)84/h1-46H. The van der Waals surface area contributed by atoms with Gasteiger partial charge in [0, 0.05) is 63.6 Å². The van der Waals surface area contributed by atoms with E-state index in [0.717, 1.165) is 125 Å². The molecule has 0 aliphatic heterocycles. The van der Waals surface area contributed by atoms with E-state index in [9.17, 15) is 10.5 Å². The van der Waals surface area contributed by atoms with Crippen molar-refractivity contribution in [1.82, 2.24) is 9.13 Å². The van der Waals surface area contributed by atoms with Crippen LogP contribution in [-0.4, -0.2) is 9.13 Å². The summed E-state index contributed by atoms with van der Waals surface area (Å²) < 4.78 is 9.41. The Kier molecular flexibility index (Phi) is 11.4. The maximum atomic E-state index is 12.7. The molecule has 0 amide bonds. The number of hydrogen-bond acceptors (Lipinski definition) is 4. The van der Waals surface area contributed by atoms with Crippen molar-refractivity contribution in [2.45, 2.75) is 0 Å². The SMILES string of the molecule is N#Cc1c(-c2ccccc2)c(C#N)c(-n2c3c4sc5ccccc5c4cc(-c4ccccc4)c3c3c(-c4ccccc4)cc4c5ccccc5sc4c32)c(-c2ccccc2)c1-n1c2ccc(-c3ccccc3)cc2c2cc(-c3ccccc3)ccc21. The van der Waals surface area contributed by atoms with Gasteiger partial charge in [-0.2, -0.15) is 10.5 Å². The Balaban J connectivity index is 1.17. The molecular weight excluding hydrogens is 1080 g/mol. The highest BCUT2D eigenvalue weighted by atomic mass is 32.1. The van der Waals surface area contributed by atoms with Gasteiger partial charge in [0.05, 0.1) is 54.0 Å². The zero-order valence-corrected chi connectivity index (χ0v) is 47.8.